The van der Waals surface area contributed by atoms with Gasteiger partial charge in [-0.2, -0.15) is 0 Å². The molecule has 4 rings (SSSR count). The van der Waals surface area contributed by atoms with E-state index in [1.807, 2.05) is 13.1 Å². The monoisotopic (exact) mass is 545 g/mol. The van der Waals surface area contributed by atoms with Crippen molar-refractivity contribution < 1.29 is 9.53 Å². The summed E-state index contributed by atoms with van der Waals surface area (Å²) >= 11 is 1.63. The molecule has 0 unspecified atom stereocenters. The van der Waals surface area contributed by atoms with E-state index in [-0.39, 0.29) is 12.5 Å². The number of hydrogen-bond donors (Lipinski definition) is 0. The summed E-state index contributed by atoms with van der Waals surface area (Å²) in [5.41, 5.74) is 9.37. The normalized spacial score (nSPS) is 20.4. The summed E-state index contributed by atoms with van der Waals surface area (Å²) < 4.78 is 8.61. The fourth-order valence-corrected chi connectivity index (χ4v) is 6.13. The summed E-state index contributed by atoms with van der Waals surface area (Å²) in [6.07, 6.45) is 20.1. The first-order chi connectivity index (χ1) is 18.8. The van der Waals surface area contributed by atoms with E-state index in [4.69, 9.17) is 9.72 Å². The first-order valence-corrected chi connectivity index (χ1v) is 15.0. The van der Waals surface area contributed by atoms with Gasteiger partial charge in [-0.3, -0.25) is 9.78 Å². The van der Waals surface area contributed by atoms with Gasteiger partial charge < -0.3 is 9.04 Å². The van der Waals surface area contributed by atoms with E-state index in [0.717, 1.165) is 69.8 Å². The molecule has 1 aromatic heterocycles. The highest BCUT2D eigenvalue weighted by Gasteiger charge is 2.31. The third-order valence-electron chi connectivity index (χ3n) is 7.73. The van der Waals surface area contributed by atoms with E-state index in [1.165, 1.54) is 24.8 Å². The number of carbonyl (C=O) groups is 1. The SMILES string of the molecule is C=C(C1=CC=C(C)CC=C1)/C(C)=C1\C(=C(\C)CCC(=O)N=O)N(SC)Cc2cc(OC3CCCCC3)cnc21. The molecule has 7 heteroatoms. The Kier molecular flexibility index (Phi) is 9.78. The molecule has 206 valence electrons. The fraction of sp³-hybridized carbons (Fsp3) is 0.438. The zero-order valence-corrected chi connectivity index (χ0v) is 24.4. The molecular formula is C32H39N3O3S. The molecule has 1 amide bonds. The van der Waals surface area contributed by atoms with E-state index in [0.29, 0.717) is 13.0 Å². The summed E-state index contributed by atoms with van der Waals surface area (Å²) in [7, 11) is 0. The molecule has 0 saturated heterocycles. The summed E-state index contributed by atoms with van der Waals surface area (Å²) in [5, 5.41) is 2.59. The predicted octanol–water partition coefficient (Wildman–Crippen LogP) is 8.40. The Morgan fingerprint density at radius 2 is 1.97 bits per heavy atom. The highest BCUT2D eigenvalue weighted by atomic mass is 32.2. The average molecular weight is 546 g/mol. The van der Waals surface area contributed by atoms with Gasteiger partial charge in [-0.25, -0.2) is 0 Å². The van der Waals surface area contributed by atoms with E-state index in [2.05, 4.69) is 66.5 Å². The fourth-order valence-electron chi connectivity index (χ4n) is 5.44. The van der Waals surface area contributed by atoms with E-state index < -0.39 is 5.91 Å². The van der Waals surface area contributed by atoms with Crippen LogP contribution in [0.4, 0.5) is 0 Å². The number of allylic oxidation sites excluding steroid dienone is 10. The number of ether oxygens (including phenoxy) is 1. The van der Waals surface area contributed by atoms with Crippen LogP contribution in [0.25, 0.3) is 5.57 Å². The second-order valence-electron chi connectivity index (χ2n) is 10.6. The van der Waals surface area contributed by atoms with Crippen molar-refractivity contribution in [2.45, 2.75) is 84.8 Å². The van der Waals surface area contributed by atoms with Crippen molar-refractivity contribution in [3.8, 4) is 5.75 Å². The van der Waals surface area contributed by atoms with Crippen LogP contribution in [0, 0.1) is 4.91 Å². The average Bonchev–Trinajstić information content (AvgIpc) is 3.18. The molecular weight excluding hydrogens is 506 g/mol. The minimum atomic E-state index is -0.632. The predicted molar refractivity (Wildman–Crippen MR) is 161 cm³/mol. The summed E-state index contributed by atoms with van der Waals surface area (Å²) in [5.74, 6) is 0.186. The van der Waals surface area contributed by atoms with E-state index in [1.54, 1.807) is 11.9 Å². The summed E-state index contributed by atoms with van der Waals surface area (Å²) in [4.78, 5) is 27.5. The molecule has 0 atom stereocenters. The Balaban J connectivity index is 1.82. The lowest BCUT2D eigenvalue weighted by Crippen LogP contribution is -2.26. The summed E-state index contributed by atoms with van der Waals surface area (Å²) in [6.45, 7) is 11.4. The first-order valence-electron chi connectivity index (χ1n) is 13.8. The minimum absolute atomic E-state index is 0.0841. The first kappa shape index (κ1) is 28.8. The number of amides is 1. The van der Waals surface area contributed by atoms with Crippen LogP contribution < -0.4 is 4.74 Å². The number of carbonyl (C=O) groups excluding carboxylic acids is 1. The molecule has 3 aliphatic rings. The van der Waals surface area contributed by atoms with Crippen LogP contribution in [0.1, 0.15) is 83.4 Å². The lowest BCUT2D eigenvalue weighted by molar-refractivity contribution is -0.117. The van der Waals surface area contributed by atoms with Gasteiger partial charge in [0.2, 0.25) is 0 Å². The van der Waals surface area contributed by atoms with Gasteiger partial charge >= 0.3 is 0 Å². The highest BCUT2D eigenvalue weighted by molar-refractivity contribution is 7.96. The van der Waals surface area contributed by atoms with E-state index >= 15 is 0 Å². The zero-order chi connectivity index (χ0) is 27.9. The molecule has 2 aliphatic carbocycles. The molecule has 1 aromatic rings. The molecule has 0 N–H and O–H groups in total. The van der Waals surface area contributed by atoms with Crippen molar-refractivity contribution in [1.29, 1.82) is 0 Å². The number of fused-ring (bicyclic) bond motifs is 1. The number of nitrogens with zero attached hydrogens (tertiary/aromatic N) is 3. The van der Waals surface area contributed by atoms with Crippen molar-refractivity contribution in [2.24, 2.45) is 5.18 Å². The van der Waals surface area contributed by atoms with Gasteiger partial charge in [0.25, 0.3) is 5.91 Å². The maximum absolute atomic E-state index is 11.7. The van der Waals surface area contributed by atoms with Crippen LogP contribution in [0.3, 0.4) is 0 Å². The van der Waals surface area contributed by atoms with E-state index in [9.17, 15) is 9.70 Å². The molecule has 0 radical (unpaired) electrons. The largest absolute Gasteiger partial charge is 0.489 e. The number of hydrogen-bond acceptors (Lipinski definition) is 6. The van der Waals surface area contributed by atoms with Crippen LogP contribution in [-0.4, -0.2) is 27.6 Å². The Hall–Kier alpha value is -3.19. The number of rotatable bonds is 8. The van der Waals surface area contributed by atoms with Crippen LogP contribution in [0.2, 0.25) is 0 Å². The van der Waals surface area contributed by atoms with Crippen molar-refractivity contribution in [3.63, 3.8) is 0 Å². The molecule has 0 aromatic carbocycles. The van der Waals surface area contributed by atoms with Gasteiger partial charge in [0.15, 0.2) is 0 Å². The number of nitroso groups, excluding NO2 is 1. The molecule has 1 fully saturated rings. The van der Waals surface area contributed by atoms with Crippen molar-refractivity contribution in [1.82, 2.24) is 9.29 Å². The Morgan fingerprint density at radius 3 is 2.69 bits per heavy atom. The molecule has 39 heavy (non-hydrogen) atoms. The van der Waals surface area contributed by atoms with Crippen molar-refractivity contribution in [2.75, 3.05) is 6.26 Å². The van der Waals surface area contributed by atoms with Gasteiger partial charge in [-0.15, -0.1) is 4.91 Å². The molecule has 6 nitrogen and oxygen atoms in total. The maximum Gasteiger partial charge on any atom is 0.286 e. The van der Waals surface area contributed by atoms with Crippen LogP contribution in [0.5, 0.6) is 5.75 Å². The summed E-state index contributed by atoms with van der Waals surface area (Å²) in [6, 6.07) is 2.14. The third-order valence-corrected chi connectivity index (χ3v) is 8.49. The maximum atomic E-state index is 11.7. The topological polar surface area (TPSA) is 71.9 Å². The lowest BCUT2D eigenvalue weighted by atomic mass is 9.86. The molecule has 2 heterocycles. The van der Waals surface area contributed by atoms with Gasteiger partial charge in [-0.05, 0) is 87.7 Å². The quantitative estimate of drug-likeness (QED) is 0.241. The van der Waals surface area contributed by atoms with Crippen LogP contribution in [-0.2, 0) is 11.3 Å². The van der Waals surface area contributed by atoms with Gasteiger partial charge in [0.05, 0.1) is 30.2 Å². The lowest BCUT2D eigenvalue weighted by Gasteiger charge is -2.36. The minimum Gasteiger partial charge on any atom is -0.489 e. The Labute approximate surface area is 236 Å². The second-order valence-corrected chi connectivity index (χ2v) is 11.4. The van der Waals surface area contributed by atoms with Gasteiger partial charge in [0, 0.05) is 29.0 Å². The van der Waals surface area contributed by atoms with Crippen molar-refractivity contribution in [3.05, 3.63) is 92.9 Å². The van der Waals surface area contributed by atoms with Gasteiger partial charge in [0.1, 0.15) is 5.75 Å². The standard InChI is InChI=1S/C32H39N3O3S/c1-21-10-9-11-25(16-14-21)23(3)24(4)30-31-26(18-28(19-33-31)38-27-12-7-6-8-13-27)20-35(39-5)32(30)22(2)15-17-29(36)34-37/h9,11,14,16,18-19,27H,3,6-8,10,12-13,15,17,20H2,1-2,4-5H3/b30-24-,32-22+. The van der Waals surface area contributed by atoms with Crippen LogP contribution >= 0.6 is 11.9 Å². The van der Waals surface area contributed by atoms with Gasteiger partial charge in [-0.1, -0.05) is 54.8 Å². The molecule has 1 aliphatic heterocycles. The molecule has 0 bridgehead atoms. The smallest absolute Gasteiger partial charge is 0.286 e. The van der Waals surface area contributed by atoms with Crippen LogP contribution in [0.15, 0.2) is 81.9 Å². The van der Waals surface area contributed by atoms with Crippen molar-refractivity contribution >= 4 is 23.4 Å². The second kappa shape index (κ2) is 13.2. The zero-order valence-electron chi connectivity index (χ0n) is 23.6. The third kappa shape index (κ3) is 6.88. The highest BCUT2D eigenvalue weighted by Crippen LogP contribution is 2.44. The number of aromatic nitrogens is 1. The Bertz CT molecular complexity index is 1300. The molecule has 1 saturated carbocycles. The number of pyridine rings is 1. The Morgan fingerprint density at radius 1 is 1.21 bits per heavy atom. The molecule has 0 spiro atoms.